The first-order valence-corrected chi connectivity index (χ1v) is 5.44. The standard InChI is InChI=1S/C13H10N2O2/c14-8-13(5-6-13)12(16)15-10-7-17-11-4-2-1-3-9(10)11/h1-4,7H,5-6H2,(H,15,16). The van der Waals surface area contributed by atoms with Crippen LogP contribution in [-0.4, -0.2) is 5.91 Å². The van der Waals surface area contributed by atoms with Crippen LogP contribution in [0, 0.1) is 16.7 Å². The highest BCUT2D eigenvalue weighted by molar-refractivity contribution is 6.04. The second kappa shape index (κ2) is 3.36. The van der Waals surface area contributed by atoms with Gasteiger partial charge in [0.05, 0.1) is 11.8 Å². The molecule has 1 aliphatic carbocycles. The summed E-state index contributed by atoms with van der Waals surface area (Å²) in [5, 5.41) is 12.6. The summed E-state index contributed by atoms with van der Waals surface area (Å²) in [7, 11) is 0. The molecule has 1 heterocycles. The van der Waals surface area contributed by atoms with Gasteiger partial charge in [-0.05, 0) is 25.0 Å². The molecular weight excluding hydrogens is 216 g/mol. The van der Waals surface area contributed by atoms with E-state index < -0.39 is 5.41 Å². The van der Waals surface area contributed by atoms with E-state index in [1.807, 2.05) is 24.3 Å². The van der Waals surface area contributed by atoms with Crippen molar-refractivity contribution in [2.75, 3.05) is 5.32 Å². The van der Waals surface area contributed by atoms with Gasteiger partial charge in [0.15, 0.2) is 0 Å². The summed E-state index contributed by atoms with van der Waals surface area (Å²) in [6.45, 7) is 0. The molecule has 84 valence electrons. The molecule has 1 aromatic heterocycles. The minimum atomic E-state index is -0.807. The molecule has 4 heteroatoms. The number of carbonyl (C=O) groups is 1. The van der Waals surface area contributed by atoms with Crippen molar-refractivity contribution >= 4 is 22.6 Å². The number of fused-ring (bicyclic) bond motifs is 1. The Morgan fingerprint density at radius 2 is 2.18 bits per heavy atom. The molecule has 3 rings (SSSR count). The molecule has 0 saturated heterocycles. The van der Waals surface area contributed by atoms with Gasteiger partial charge in [0, 0.05) is 5.39 Å². The summed E-state index contributed by atoms with van der Waals surface area (Å²) < 4.78 is 5.32. The average Bonchev–Trinajstić information content (AvgIpc) is 3.07. The van der Waals surface area contributed by atoms with Gasteiger partial charge in [-0.3, -0.25) is 4.79 Å². The van der Waals surface area contributed by atoms with Gasteiger partial charge in [-0.15, -0.1) is 0 Å². The summed E-state index contributed by atoms with van der Waals surface area (Å²) in [6, 6.07) is 9.53. The van der Waals surface area contributed by atoms with Gasteiger partial charge in [0.25, 0.3) is 0 Å². The Morgan fingerprint density at radius 1 is 1.41 bits per heavy atom. The van der Waals surface area contributed by atoms with Crippen LogP contribution in [-0.2, 0) is 4.79 Å². The van der Waals surface area contributed by atoms with Crippen molar-refractivity contribution in [1.29, 1.82) is 5.26 Å². The predicted octanol–water partition coefficient (Wildman–Crippen LogP) is 2.68. The van der Waals surface area contributed by atoms with E-state index in [1.165, 1.54) is 6.26 Å². The lowest BCUT2D eigenvalue weighted by Crippen LogP contribution is -2.22. The van der Waals surface area contributed by atoms with E-state index in [-0.39, 0.29) is 5.91 Å². The fourth-order valence-corrected chi connectivity index (χ4v) is 1.83. The molecule has 4 nitrogen and oxygen atoms in total. The van der Waals surface area contributed by atoms with E-state index >= 15 is 0 Å². The lowest BCUT2D eigenvalue weighted by atomic mass is 10.1. The van der Waals surface area contributed by atoms with Gasteiger partial charge in [-0.25, -0.2) is 0 Å². The first kappa shape index (κ1) is 9.91. The Labute approximate surface area is 97.8 Å². The van der Waals surface area contributed by atoms with Crippen LogP contribution >= 0.6 is 0 Å². The molecule has 0 atom stereocenters. The second-order valence-corrected chi connectivity index (χ2v) is 4.29. The molecule has 0 radical (unpaired) electrons. The van der Waals surface area contributed by atoms with Crippen LogP contribution in [0.1, 0.15) is 12.8 Å². The molecule has 1 aliphatic rings. The van der Waals surface area contributed by atoms with Gasteiger partial charge >= 0.3 is 0 Å². The molecule has 0 unspecified atom stereocenters. The first-order valence-electron chi connectivity index (χ1n) is 5.44. The maximum absolute atomic E-state index is 11.9. The quantitative estimate of drug-likeness (QED) is 0.856. The number of benzene rings is 1. The van der Waals surface area contributed by atoms with E-state index in [2.05, 4.69) is 11.4 Å². The van der Waals surface area contributed by atoms with E-state index in [0.29, 0.717) is 18.5 Å². The minimum Gasteiger partial charge on any atom is -0.462 e. The number of hydrogen-bond acceptors (Lipinski definition) is 3. The molecule has 0 spiro atoms. The number of amides is 1. The van der Waals surface area contributed by atoms with Crippen LogP contribution in [0.2, 0.25) is 0 Å². The number of rotatable bonds is 2. The molecule has 17 heavy (non-hydrogen) atoms. The topological polar surface area (TPSA) is 66.0 Å². The number of furan rings is 1. The van der Waals surface area contributed by atoms with Crippen LogP contribution in [0.5, 0.6) is 0 Å². The number of nitriles is 1. The number of carbonyl (C=O) groups excluding carboxylic acids is 1. The molecule has 0 aliphatic heterocycles. The lowest BCUT2D eigenvalue weighted by molar-refractivity contribution is -0.119. The normalized spacial score (nSPS) is 16.4. The number of para-hydroxylation sites is 1. The summed E-state index contributed by atoms with van der Waals surface area (Å²) in [4.78, 5) is 11.9. The summed E-state index contributed by atoms with van der Waals surface area (Å²) in [5.74, 6) is -0.230. The van der Waals surface area contributed by atoms with Gasteiger partial charge in [0.1, 0.15) is 17.3 Å². The zero-order chi connectivity index (χ0) is 11.9. The number of hydrogen-bond donors (Lipinski definition) is 1. The van der Waals surface area contributed by atoms with Crippen molar-refractivity contribution in [3.8, 4) is 6.07 Å². The third kappa shape index (κ3) is 1.48. The largest absolute Gasteiger partial charge is 0.462 e. The monoisotopic (exact) mass is 226 g/mol. The maximum atomic E-state index is 11.9. The first-order chi connectivity index (χ1) is 8.25. The number of nitrogens with zero attached hydrogens (tertiary/aromatic N) is 1. The minimum absolute atomic E-state index is 0.230. The average molecular weight is 226 g/mol. The molecule has 1 saturated carbocycles. The van der Waals surface area contributed by atoms with E-state index in [0.717, 1.165) is 11.0 Å². The smallest absolute Gasteiger partial charge is 0.244 e. The Bertz CT molecular complexity index is 632. The van der Waals surface area contributed by atoms with E-state index in [9.17, 15) is 4.79 Å². The predicted molar refractivity (Wildman–Crippen MR) is 62.1 cm³/mol. The van der Waals surface area contributed by atoms with E-state index in [1.54, 1.807) is 0 Å². The highest BCUT2D eigenvalue weighted by Gasteiger charge is 2.50. The van der Waals surface area contributed by atoms with Crippen molar-refractivity contribution < 1.29 is 9.21 Å². The van der Waals surface area contributed by atoms with Crippen molar-refractivity contribution in [2.24, 2.45) is 5.41 Å². The maximum Gasteiger partial charge on any atom is 0.244 e. The Morgan fingerprint density at radius 3 is 2.88 bits per heavy atom. The highest BCUT2D eigenvalue weighted by Crippen LogP contribution is 2.46. The van der Waals surface area contributed by atoms with Crippen molar-refractivity contribution in [2.45, 2.75) is 12.8 Å². The third-order valence-electron chi connectivity index (χ3n) is 3.13. The van der Waals surface area contributed by atoms with Crippen LogP contribution in [0.15, 0.2) is 34.9 Å². The van der Waals surface area contributed by atoms with Crippen molar-refractivity contribution in [3.05, 3.63) is 30.5 Å². The molecule has 1 fully saturated rings. The Kier molecular flexibility index (Phi) is 1.96. The Balaban J connectivity index is 1.91. The number of nitrogens with one attached hydrogen (secondary N) is 1. The molecule has 0 bridgehead atoms. The molecule has 1 N–H and O–H groups in total. The zero-order valence-electron chi connectivity index (χ0n) is 9.06. The number of anilines is 1. The summed E-state index contributed by atoms with van der Waals surface area (Å²) >= 11 is 0. The molecule has 2 aromatic rings. The van der Waals surface area contributed by atoms with Crippen molar-refractivity contribution in [3.63, 3.8) is 0 Å². The fourth-order valence-electron chi connectivity index (χ4n) is 1.83. The van der Waals surface area contributed by atoms with E-state index in [4.69, 9.17) is 9.68 Å². The zero-order valence-corrected chi connectivity index (χ0v) is 9.06. The summed E-state index contributed by atoms with van der Waals surface area (Å²) in [6.07, 6.45) is 2.80. The molecule has 1 aromatic carbocycles. The van der Waals surface area contributed by atoms with Crippen molar-refractivity contribution in [1.82, 2.24) is 0 Å². The van der Waals surface area contributed by atoms with Gasteiger partial charge in [0.2, 0.25) is 5.91 Å². The Hall–Kier alpha value is -2.28. The summed E-state index contributed by atoms with van der Waals surface area (Å²) in [5.41, 5.74) is 0.551. The van der Waals surface area contributed by atoms with Gasteiger partial charge < -0.3 is 9.73 Å². The fraction of sp³-hybridized carbons (Fsp3) is 0.231. The SMILES string of the molecule is N#CC1(C(=O)Nc2coc3ccccc23)CC1. The lowest BCUT2D eigenvalue weighted by Gasteiger charge is -2.05. The molecule has 1 amide bonds. The van der Waals surface area contributed by atoms with Gasteiger partial charge in [-0.2, -0.15) is 5.26 Å². The van der Waals surface area contributed by atoms with Crippen LogP contribution in [0.3, 0.4) is 0 Å². The third-order valence-corrected chi connectivity index (χ3v) is 3.13. The highest BCUT2D eigenvalue weighted by atomic mass is 16.3. The van der Waals surface area contributed by atoms with Crippen LogP contribution < -0.4 is 5.32 Å². The van der Waals surface area contributed by atoms with Crippen LogP contribution in [0.25, 0.3) is 11.0 Å². The second-order valence-electron chi connectivity index (χ2n) is 4.29. The van der Waals surface area contributed by atoms with Crippen LogP contribution in [0.4, 0.5) is 5.69 Å². The molecular formula is C13H10N2O2. The van der Waals surface area contributed by atoms with Gasteiger partial charge in [-0.1, -0.05) is 12.1 Å².